The van der Waals surface area contributed by atoms with E-state index in [1.807, 2.05) is 39.0 Å². The molecule has 58 valence electrons. The molecule has 0 saturated heterocycles. The molecule has 0 saturated carbocycles. The van der Waals surface area contributed by atoms with Crippen LogP contribution in [0.1, 0.15) is 20.8 Å². The number of allylic oxidation sites excluding steroid dienone is 2. The van der Waals surface area contributed by atoms with Crippen LogP contribution in [0.15, 0.2) is 24.3 Å². The van der Waals surface area contributed by atoms with E-state index in [0.717, 1.165) is 0 Å². The summed E-state index contributed by atoms with van der Waals surface area (Å²) in [6.07, 6.45) is 7.28. The van der Waals surface area contributed by atoms with Gasteiger partial charge in [0, 0.05) is 5.92 Å². The van der Waals surface area contributed by atoms with Gasteiger partial charge in [0.1, 0.15) is 0 Å². The molecule has 0 bridgehead atoms. The number of aliphatic hydroxyl groups excluding tert-OH is 1. The van der Waals surface area contributed by atoms with Crippen molar-refractivity contribution in [3.63, 3.8) is 0 Å². The quantitative estimate of drug-likeness (QED) is 0.595. The van der Waals surface area contributed by atoms with Crippen LogP contribution in [0.25, 0.3) is 0 Å². The molecule has 10 heavy (non-hydrogen) atoms. The fraction of sp³-hybridized carbons (Fsp3) is 0.556. The largest absolute Gasteiger partial charge is 0.388 e. The standard InChI is InChI=1S/C9H16O/c1-4-6-8(3)9(10)7-5-2/h4-10H,1-3H3/b6-4+,7-5+. The highest BCUT2D eigenvalue weighted by molar-refractivity contribution is 4.96. The SMILES string of the molecule is C/C=C/C(C)C(O)/C=C/C. The summed E-state index contributed by atoms with van der Waals surface area (Å²) in [5.41, 5.74) is 0. The van der Waals surface area contributed by atoms with Gasteiger partial charge in [-0.3, -0.25) is 0 Å². The monoisotopic (exact) mass is 140 g/mol. The molecule has 1 heteroatoms. The van der Waals surface area contributed by atoms with E-state index in [4.69, 9.17) is 0 Å². The number of aliphatic hydroxyl groups is 1. The lowest BCUT2D eigenvalue weighted by molar-refractivity contribution is 0.185. The molecule has 0 rings (SSSR count). The van der Waals surface area contributed by atoms with Crippen molar-refractivity contribution >= 4 is 0 Å². The Morgan fingerprint density at radius 2 is 1.60 bits per heavy atom. The minimum atomic E-state index is -0.332. The summed E-state index contributed by atoms with van der Waals surface area (Å²) in [7, 11) is 0. The van der Waals surface area contributed by atoms with Crippen molar-refractivity contribution in [3.8, 4) is 0 Å². The summed E-state index contributed by atoms with van der Waals surface area (Å²) in [5.74, 6) is 0.223. The van der Waals surface area contributed by atoms with Crippen molar-refractivity contribution in [2.24, 2.45) is 5.92 Å². The molecule has 0 fully saturated rings. The summed E-state index contributed by atoms with van der Waals surface area (Å²) in [6, 6.07) is 0. The second-order valence-electron chi connectivity index (χ2n) is 2.40. The Hall–Kier alpha value is -0.560. The minimum absolute atomic E-state index is 0.223. The summed E-state index contributed by atoms with van der Waals surface area (Å²) in [5, 5.41) is 9.31. The first-order valence-corrected chi connectivity index (χ1v) is 3.66. The van der Waals surface area contributed by atoms with Crippen LogP contribution in [0.2, 0.25) is 0 Å². The van der Waals surface area contributed by atoms with Gasteiger partial charge in [-0.2, -0.15) is 0 Å². The van der Waals surface area contributed by atoms with Crippen molar-refractivity contribution in [2.75, 3.05) is 0 Å². The summed E-state index contributed by atoms with van der Waals surface area (Å²) >= 11 is 0. The number of hydrogen-bond acceptors (Lipinski definition) is 1. The molecule has 1 nitrogen and oxygen atoms in total. The molecule has 0 aromatic carbocycles. The van der Waals surface area contributed by atoms with Gasteiger partial charge in [-0.15, -0.1) is 0 Å². The van der Waals surface area contributed by atoms with Gasteiger partial charge in [-0.25, -0.2) is 0 Å². The van der Waals surface area contributed by atoms with E-state index in [1.165, 1.54) is 0 Å². The third-order valence-corrected chi connectivity index (χ3v) is 1.42. The zero-order valence-corrected chi connectivity index (χ0v) is 6.91. The Morgan fingerprint density at radius 1 is 1.10 bits per heavy atom. The Bertz CT molecular complexity index is 109. The molecular weight excluding hydrogens is 124 g/mol. The van der Waals surface area contributed by atoms with Crippen molar-refractivity contribution in [1.82, 2.24) is 0 Å². The van der Waals surface area contributed by atoms with E-state index in [9.17, 15) is 5.11 Å². The van der Waals surface area contributed by atoms with Gasteiger partial charge >= 0.3 is 0 Å². The molecule has 0 spiro atoms. The molecule has 0 aromatic heterocycles. The lowest BCUT2D eigenvalue weighted by Crippen LogP contribution is -2.11. The number of hydrogen-bond donors (Lipinski definition) is 1. The summed E-state index contributed by atoms with van der Waals surface area (Å²) in [6.45, 7) is 5.86. The first kappa shape index (κ1) is 9.44. The van der Waals surface area contributed by atoms with Crippen LogP contribution in [0.3, 0.4) is 0 Å². The van der Waals surface area contributed by atoms with Gasteiger partial charge in [0.15, 0.2) is 0 Å². The van der Waals surface area contributed by atoms with Crippen LogP contribution >= 0.6 is 0 Å². The predicted octanol–water partition coefficient (Wildman–Crippen LogP) is 2.14. The van der Waals surface area contributed by atoms with Crippen molar-refractivity contribution in [3.05, 3.63) is 24.3 Å². The van der Waals surface area contributed by atoms with Gasteiger partial charge in [0.05, 0.1) is 6.10 Å². The molecule has 1 N–H and O–H groups in total. The highest BCUT2D eigenvalue weighted by atomic mass is 16.3. The maximum atomic E-state index is 9.31. The average molecular weight is 140 g/mol. The van der Waals surface area contributed by atoms with Gasteiger partial charge in [-0.1, -0.05) is 31.2 Å². The normalized spacial score (nSPS) is 18.4. The van der Waals surface area contributed by atoms with E-state index in [1.54, 1.807) is 6.08 Å². The summed E-state index contributed by atoms with van der Waals surface area (Å²) < 4.78 is 0. The molecule has 0 heterocycles. The topological polar surface area (TPSA) is 20.2 Å². The molecule has 0 aliphatic heterocycles. The second-order valence-corrected chi connectivity index (χ2v) is 2.40. The molecule has 0 amide bonds. The van der Waals surface area contributed by atoms with Crippen LogP contribution in [0, 0.1) is 5.92 Å². The van der Waals surface area contributed by atoms with Crippen molar-refractivity contribution < 1.29 is 5.11 Å². The fourth-order valence-corrected chi connectivity index (χ4v) is 0.790. The van der Waals surface area contributed by atoms with Gasteiger partial charge in [-0.05, 0) is 13.8 Å². The van der Waals surface area contributed by atoms with Gasteiger partial charge < -0.3 is 5.11 Å². The van der Waals surface area contributed by atoms with Gasteiger partial charge in [0.25, 0.3) is 0 Å². The van der Waals surface area contributed by atoms with E-state index in [2.05, 4.69) is 0 Å². The lowest BCUT2D eigenvalue weighted by atomic mass is 10.0. The second kappa shape index (κ2) is 5.24. The maximum absolute atomic E-state index is 9.31. The molecular formula is C9H16O. The zero-order valence-electron chi connectivity index (χ0n) is 6.91. The van der Waals surface area contributed by atoms with E-state index < -0.39 is 0 Å². The molecule has 2 atom stereocenters. The Balaban J connectivity index is 3.81. The Morgan fingerprint density at radius 3 is 2.00 bits per heavy atom. The highest BCUT2D eigenvalue weighted by Gasteiger charge is 2.04. The first-order valence-electron chi connectivity index (χ1n) is 3.66. The summed E-state index contributed by atoms with van der Waals surface area (Å²) in [4.78, 5) is 0. The smallest absolute Gasteiger partial charge is 0.0780 e. The molecule has 0 radical (unpaired) electrons. The third-order valence-electron chi connectivity index (χ3n) is 1.42. The van der Waals surface area contributed by atoms with Crippen molar-refractivity contribution in [2.45, 2.75) is 26.9 Å². The van der Waals surface area contributed by atoms with E-state index in [-0.39, 0.29) is 12.0 Å². The van der Waals surface area contributed by atoms with E-state index in [0.29, 0.717) is 0 Å². The minimum Gasteiger partial charge on any atom is -0.388 e. The van der Waals surface area contributed by atoms with Crippen LogP contribution in [0.4, 0.5) is 0 Å². The van der Waals surface area contributed by atoms with Crippen LogP contribution < -0.4 is 0 Å². The molecule has 0 aliphatic rings. The molecule has 0 aliphatic carbocycles. The van der Waals surface area contributed by atoms with Crippen LogP contribution in [-0.4, -0.2) is 11.2 Å². The van der Waals surface area contributed by atoms with Crippen molar-refractivity contribution in [1.29, 1.82) is 0 Å². The maximum Gasteiger partial charge on any atom is 0.0780 e. The average Bonchev–Trinajstić information content (AvgIpc) is 1.89. The third kappa shape index (κ3) is 3.46. The fourth-order valence-electron chi connectivity index (χ4n) is 0.790. The predicted molar refractivity (Wildman–Crippen MR) is 44.8 cm³/mol. The van der Waals surface area contributed by atoms with Crippen LogP contribution in [-0.2, 0) is 0 Å². The molecule has 0 aromatic rings. The van der Waals surface area contributed by atoms with Crippen LogP contribution in [0.5, 0.6) is 0 Å². The van der Waals surface area contributed by atoms with E-state index >= 15 is 0 Å². The number of rotatable bonds is 3. The Kier molecular flexibility index (Phi) is 4.95. The molecule has 2 unspecified atom stereocenters. The lowest BCUT2D eigenvalue weighted by Gasteiger charge is -2.09. The first-order chi connectivity index (χ1) is 4.72. The highest BCUT2D eigenvalue weighted by Crippen LogP contribution is 2.05. The van der Waals surface area contributed by atoms with Gasteiger partial charge in [0.2, 0.25) is 0 Å². The zero-order chi connectivity index (χ0) is 7.98. The Labute approximate surface area is 63.1 Å².